The van der Waals surface area contributed by atoms with Crippen LogP contribution in [0.25, 0.3) is 0 Å². The van der Waals surface area contributed by atoms with Crippen molar-refractivity contribution in [2.24, 2.45) is 5.41 Å². The Labute approximate surface area is 122 Å². The minimum absolute atomic E-state index is 0.153. The largest absolute Gasteiger partial charge is 0.341 e. The maximum absolute atomic E-state index is 12.6. The summed E-state index contributed by atoms with van der Waals surface area (Å²) in [5.74, 6) is -0.246. The van der Waals surface area contributed by atoms with Crippen molar-refractivity contribution in [1.82, 2.24) is 10.2 Å². The number of carbonyl (C=O) groups excluding carboxylic acids is 1. The van der Waals surface area contributed by atoms with E-state index >= 15 is 0 Å². The van der Waals surface area contributed by atoms with Gasteiger partial charge < -0.3 is 10.2 Å². The Morgan fingerprint density at radius 2 is 1.90 bits per heavy atom. The van der Waals surface area contributed by atoms with Gasteiger partial charge in [0.25, 0.3) is 0 Å². The van der Waals surface area contributed by atoms with E-state index in [1.807, 2.05) is 0 Å². The van der Waals surface area contributed by atoms with E-state index in [-0.39, 0.29) is 11.3 Å². The molecule has 2 fully saturated rings. The zero-order valence-corrected chi connectivity index (χ0v) is 13.6. The molecule has 1 atom stereocenters. The molecule has 2 heterocycles. The number of amides is 1. The van der Waals surface area contributed by atoms with Crippen molar-refractivity contribution in [3.63, 3.8) is 0 Å². The van der Waals surface area contributed by atoms with Gasteiger partial charge in [-0.15, -0.1) is 0 Å². The van der Waals surface area contributed by atoms with Crippen LogP contribution in [0.2, 0.25) is 0 Å². The Morgan fingerprint density at radius 3 is 2.45 bits per heavy atom. The molecule has 0 radical (unpaired) electrons. The second-order valence-electron chi connectivity index (χ2n) is 6.89. The number of hydrogen-bond donors (Lipinski definition) is 1. The first-order chi connectivity index (χ1) is 9.18. The van der Waals surface area contributed by atoms with Crippen LogP contribution in [0.15, 0.2) is 0 Å². The summed E-state index contributed by atoms with van der Waals surface area (Å²) in [6.07, 6.45) is 5.50. The Morgan fingerprint density at radius 1 is 1.25 bits per heavy atom. The third-order valence-corrected chi connectivity index (χ3v) is 6.98. The summed E-state index contributed by atoms with van der Waals surface area (Å²) >= 11 is 0. The van der Waals surface area contributed by atoms with Crippen LogP contribution in [-0.4, -0.2) is 56.4 Å². The third kappa shape index (κ3) is 2.86. The summed E-state index contributed by atoms with van der Waals surface area (Å²) in [6.45, 7) is 6.40. The van der Waals surface area contributed by atoms with Crippen LogP contribution in [0.3, 0.4) is 0 Å². The van der Waals surface area contributed by atoms with Gasteiger partial charge in [-0.1, -0.05) is 0 Å². The summed E-state index contributed by atoms with van der Waals surface area (Å²) in [5.41, 5.74) is 0.153. The predicted molar refractivity (Wildman–Crippen MR) is 79.3 cm³/mol. The van der Waals surface area contributed by atoms with Gasteiger partial charge in [-0.05, 0) is 46.1 Å². The summed E-state index contributed by atoms with van der Waals surface area (Å²) in [4.78, 5) is 14.4. The summed E-state index contributed by atoms with van der Waals surface area (Å²) in [6, 6.07) is 0. The molecule has 0 saturated carbocycles. The normalized spacial score (nSPS) is 28.6. The van der Waals surface area contributed by atoms with E-state index in [0.29, 0.717) is 13.1 Å². The molecule has 1 amide bonds. The van der Waals surface area contributed by atoms with Gasteiger partial charge in [-0.2, -0.15) is 0 Å². The highest BCUT2D eigenvalue weighted by molar-refractivity contribution is 7.92. The standard InChI is InChI=1S/C14H26N2O3S/c1-13(2,20(3,18)19)12(17)16-9-5-7-14(11-16)6-4-8-15-10-14/h15H,4-11H2,1-3H3. The molecule has 20 heavy (non-hydrogen) atoms. The summed E-state index contributed by atoms with van der Waals surface area (Å²) in [7, 11) is -3.40. The highest BCUT2D eigenvalue weighted by Gasteiger charge is 2.45. The smallest absolute Gasteiger partial charge is 0.243 e. The van der Waals surface area contributed by atoms with Gasteiger partial charge in [-0.3, -0.25) is 4.79 Å². The lowest BCUT2D eigenvalue weighted by Crippen LogP contribution is -2.57. The average Bonchev–Trinajstić information content (AvgIpc) is 2.37. The minimum Gasteiger partial charge on any atom is -0.341 e. The fourth-order valence-corrected chi connectivity index (χ4v) is 3.75. The number of hydrogen-bond acceptors (Lipinski definition) is 4. The molecule has 5 nitrogen and oxygen atoms in total. The molecular weight excluding hydrogens is 276 g/mol. The van der Waals surface area contributed by atoms with Gasteiger partial charge in [-0.25, -0.2) is 8.42 Å². The lowest BCUT2D eigenvalue weighted by atomic mass is 9.74. The number of piperidine rings is 2. The zero-order chi connectivity index (χ0) is 15.0. The predicted octanol–water partition coefficient (Wildman–Crippen LogP) is 0.802. The van der Waals surface area contributed by atoms with Crippen molar-refractivity contribution >= 4 is 15.7 Å². The molecule has 2 aliphatic rings. The van der Waals surface area contributed by atoms with Gasteiger partial charge in [0, 0.05) is 31.3 Å². The van der Waals surface area contributed by atoms with E-state index in [2.05, 4.69) is 5.32 Å². The molecule has 2 rings (SSSR count). The second kappa shape index (κ2) is 5.30. The first-order valence-electron chi connectivity index (χ1n) is 7.38. The van der Waals surface area contributed by atoms with E-state index < -0.39 is 14.6 Å². The van der Waals surface area contributed by atoms with Gasteiger partial charge in [0.05, 0.1) is 0 Å². The fourth-order valence-electron chi connectivity index (χ4n) is 3.30. The van der Waals surface area contributed by atoms with Crippen LogP contribution in [0.4, 0.5) is 0 Å². The number of carbonyl (C=O) groups is 1. The summed E-state index contributed by atoms with van der Waals surface area (Å²) in [5, 5.41) is 3.42. The first-order valence-corrected chi connectivity index (χ1v) is 9.27. The molecular formula is C14H26N2O3S. The molecule has 1 N–H and O–H groups in total. The van der Waals surface area contributed by atoms with Crippen LogP contribution in [-0.2, 0) is 14.6 Å². The monoisotopic (exact) mass is 302 g/mol. The zero-order valence-electron chi connectivity index (χ0n) is 12.7. The quantitative estimate of drug-likeness (QED) is 0.819. The first kappa shape index (κ1) is 15.8. The van der Waals surface area contributed by atoms with Crippen molar-refractivity contribution in [3.05, 3.63) is 0 Å². The second-order valence-corrected chi connectivity index (χ2v) is 9.46. The Bertz CT molecular complexity index is 473. The van der Waals surface area contributed by atoms with Crippen LogP contribution >= 0.6 is 0 Å². The Balaban J connectivity index is 2.15. The van der Waals surface area contributed by atoms with Gasteiger partial charge in [0.1, 0.15) is 4.75 Å². The molecule has 1 spiro atoms. The third-order valence-electron chi connectivity index (χ3n) is 4.95. The van der Waals surface area contributed by atoms with Crippen molar-refractivity contribution in [2.75, 3.05) is 32.4 Å². The van der Waals surface area contributed by atoms with E-state index in [0.717, 1.165) is 45.0 Å². The lowest BCUT2D eigenvalue weighted by Gasteiger charge is -2.46. The number of likely N-dealkylation sites (tertiary alicyclic amines) is 1. The Kier molecular flexibility index (Phi) is 4.17. The highest BCUT2D eigenvalue weighted by Crippen LogP contribution is 2.37. The topological polar surface area (TPSA) is 66.5 Å². The van der Waals surface area contributed by atoms with Crippen LogP contribution in [0, 0.1) is 5.41 Å². The van der Waals surface area contributed by atoms with E-state index in [1.165, 1.54) is 13.8 Å². The number of sulfone groups is 1. The SMILES string of the molecule is CC(C)(C(=O)N1CCCC2(CCCNC2)C1)S(C)(=O)=O. The van der Waals surface area contributed by atoms with Crippen molar-refractivity contribution in [1.29, 1.82) is 0 Å². The van der Waals surface area contributed by atoms with Crippen LogP contribution in [0.5, 0.6) is 0 Å². The number of nitrogens with one attached hydrogen (secondary N) is 1. The van der Waals surface area contributed by atoms with Crippen molar-refractivity contribution in [2.45, 2.75) is 44.3 Å². The van der Waals surface area contributed by atoms with E-state index in [4.69, 9.17) is 0 Å². The lowest BCUT2D eigenvalue weighted by molar-refractivity contribution is -0.137. The molecule has 0 aromatic heterocycles. The maximum Gasteiger partial charge on any atom is 0.243 e. The molecule has 0 aromatic carbocycles. The van der Waals surface area contributed by atoms with Crippen molar-refractivity contribution in [3.8, 4) is 0 Å². The fraction of sp³-hybridized carbons (Fsp3) is 0.929. The maximum atomic E-state index is 12.6. The number of rotatable bonds is 2. The summed E-state index contributed by atoms with van der Waals surface area (Å²) < 4.78 is 22.4. The average molecular weight is 302 g/mol. The van der Waals surface area contributed by atoms with Gasteiger partial charge in [0.15, 0.2) is 9.84 Å². The number of nitrogens with zero attached hydrogens (tertiary/aromatic N) is 1. The van der Waals surface area contributed by atoms with Crippen molar-refractivity contribution < 1.29 is 13.2 Å². The highest BCUT2D eigenvalue weighted by atomic mass is 32.2. The molecule has 0 bridgehead atoms. The Hall–Kier alpha value is -0.620. The van der Waals surface area contributed by atoms with E-state index in [9.17, 15) is 13.2 Å². The van der Waals surface area contributed by atoms with Crippen LogP contribution in [0.1, 0.15) is 39.5 Å². The molecule has 116 valence electrons. The molecule has 2 aliphatic heterocycles. The molecule has 2 saturated heterocycles. The molecule has 0 aromatic rings. The molecule has 0 aliphatic carbocycles. The minimum atomic E-state index is -3.40. The van der Waals surface area contributed by atoms with Gasteiger partial charge in [0.2, 0.25) is 5.91 Å². The van der Waals surface area contributed by atoms with Gasteiger partial charge >= 0.3 is 0 Å². The van der Waals surface area contributed by atoms with E-state index in [1.54, 1.807) is 4.90 Å². The molecule has 6 heteroatoms. The van der Waals surface area contributed by atoms with Crippen LogP contribution < -0.4 is 5.32 Å². The molecule has 1 unspecified atom stereocenters.